The van der Waals surface area contributed by atoms with Crippen molar-refractivity contribution in [1.82, 2.24) is 9.80 Å². The first kappa shape index (κ1) is 25.7. The summed E-state index contributed by atoms with van der Waals surface area (Å²) in [5.74, 6) is 1.55. The summed E-state index contributed by atoms with van der Waals surface area (Å²) in [6.07, 6.45) is 2.19. The van der Waals surface area contributed by atoms with Crippen molar-refractivity contribution in [3.8, 4) is 5.75 Å². The monoisotopic (exact) mass is 472 g/mol. The van der Waals surface area contributed by atoms with Crippen molar-refractivity contribution in [3.63, 3.8) is 0 Å². The third kappa shape index (κ3) is 7.05. The zero-order valence-corrected chi connectivity index (χ0v) is 21.7. The molecule has 2 unspecified atom stereocenters. The van der Waals surface area contributed by atoms with E-state index in [1.165, 1.54) is 16.0 Å². The van der Waals surface area contributed by atoms with Gasteiger partial charge in [0.25, 0.3) is 0 Å². The second kappa shape index (κ2) is 12.0. The molecule has 1 aromatic carbocycles. The molecular formula is C27H40N2O3S. The van der Waals surface area contributed by atoms with E-state index in [0.29, 0.717) is 38.6 Å². The molecule has 6 heteroatoms. The Labute approximate surface area is 203 Å². The van der Waals surface area contributed by atoms with Crippen LogP contribution in [0.15, 0.2) is 29.6 Å². The van der Waals surface area contributed by atoms with E-state index in [0.717, 1.165) is 30.7 Å². The van der Waals surface area contributed by atoms with E-state index in [4.69, 9.17) is 4.74 Å². The molecule has 0 saturated carbocycles. The Morgan fingerprint density at radius 1 is 1.30 bits per heavy atom. The summed E-state index contributed by atoms with van der Waals surface area (Å²) >= 11 is 1.77. The molecule has 1 aliphatic rings. The lowest BCUT2D eigenvalue weighted by molar-refractivity contribution is -0.136. The summed E-state index contributed by atoms with van der Waals surface area (Å²) in [5, 5.41) is 12.4. The molecule has 1 aliphatic heterocycles. The minimum absolute atomic E-state index is 0.0868. The summed E-state index contributed by atoms with van der Waals surface area (Å²) in [6, 6.07) is 8.27. The Bertz CT molecular complexity index is 911. The maximum absolute atomic E-state index is 13.5. The molecule has 5 nitrogen and oxygen atoms in total. The minimum Gasteiger partial charge on any atom is -0.491 e. The molecule has 1 aromatic heterocycles. The number of fused-ring (bicyclic) bond motifs is 1. The standard InChI is InChI=1S/C27H40N2O3S/c1-6-22(30)16-28(12-9-19(2)3)17-27(31)29-13-10-26-23(11-14-33-26)24(29)18-32-25-8-7-20(4)15-21(25)5/h7-8,11,14-15,19,22,24,30H,6,9-10,12-13,16-18H2,1-5H3. The molecule has 0 fully saturated rings. The fraction of sp³-hybridized carbons (Fsp3) is 0.593. The lowest BCUT2D eigenvalue weighted by Gasteiger charge is -2.37. The van der Waals surface area contributed by atoms with Gasteiger partial charge in [-0.15, -0.1) is 11.3 Å². The van der Waals surface area contributed by atoms with Crippen molar-refractivity contribution in [3.05, 3.63) is 51.2 Å². The van der Waals surface area contributed by atoms with Gasteiger partial charge in [-0.2, -0.15) is 0 Å². The van der Waals surface area contributed by atoms with Crippen LogP contribution in [0.5, 0.6) is 5.75 Å². The highest BCUT2D eigenvalue weighted by Crippen LogP contribution is 2.34. The number of amides is 1. The number of hydrogen-bond donors (Lipinski definition) is 1. The Kier molecular flexibility index (Phi) is 9.36. The van der Waals surface area contributed by atoms with Crippen LogP contribution in [0.1, 0.15) is 61.2 Å². The maximum atomic E-state index is 13.5. The van der Waals surface area contributed by atoms with Gasteiger partial charge in [-0.25, -0.2) is 0 Å². The fourth-order valence-electron chi connectivity index (χ4n) is 4.39. The van der Waals surface area contributed by atoms with Gasteiger partial charge in [0.2, 0.25) is 5.91 Å². The number of benzene rings is 1. The van der Waals surface area contributed by atoms with Crippen LogP contribution in [0.4, 0.5) is 0 Å². The zero-order valence-electron chi connectivity index (χ0n) is 20.8. The van der Waals surface area contributed by atoms with E-state index < -0.39 is 6.10 Å². The molecule has 0 spiro atoms. The second-order valence-corrected chi connectivity index (χ2v) is 10.7. The number of nitrogens with zero attached hydrogens (tertiary/aromatic N) is 2. The van der Waals surface area contributed by atoms with Crippen LogP contribution in [-0.4, -0.2) is 59.7 Å². The van der Waals surface area contributed by atoms with Crippen molar-refractivity contribution in [2.75, 3.05) is 32.8 Å². The van der Waals surface area contributed by atoms with Gasteiger partial charge < -0.3 is 14.7 Å². The van der Waals surface area contributed by atoms with Crippen LogP contribution in [0, 0.1) is 19.8 Å². The summed E-state index contributed by atoms with van der Waals surface area (Å²) < 4.78 is 6.26. The predicted molar refractivity (Wildman–Crippen MR) is 136 cm³/mol. The number of aryl methyl sites for hydroxylation is 2. The number of thiophene rings is 1. The Morgan fingerprint density at radius 2 is 2.09 bits per heavy atom. The van der Waals surface area contributed by atoms with Gasteiger partial charge in [0.05, 0.1) is 18.7 Å². The molecule has 0 radical (unpaired) electrons. The van der Waals surface area contributed by atoms with Gasteiger partial charge in [0, 0.05) is 18.0 Å². The van der Waals surface area contributed by atoms with Gasteiger partial charge in [-0.3, -0.25) is 9.69 Å². The molecule has 1 N–H and O–H groups in total. The quantitative estimate of drug-likeness (QED) is 0.501. The first-order valence-corrected chi connectivity index (χ1v) is 13.1. The molecule has 0 saturated heterocycles. The molecule has 2 aromatic rings. The van der Waals surface area contributed by atoms with E-state index >= 15 is 0 Å². The number of hydrogen-bond acceptors (Lipinski definition) is 5. The number of ether oxygens (including phenoxy) is 1. The lowest BCUT2D eigenvalue weighted by Crippen LogP contribution is -2.48. The minimum atomic E-state index is -0.404. The number of aliphatic hydroxyl groups is 1. The Balaban J connectivity index is 1.74. The molecule has 33 heavy (non-hydrogen) atoms. The third-order valence-electron chi connectivity index (χ3n) is 6.46. The van der Waals surface area contributed by atoms with Crippen LogP contribution in [0.2, 0.25) is 0 Å². The van der Waals surface area contributed by atoms with E-state index in [2.05, 4.69) is 56.2 Å². The van der Waals surface area contributed by atoms with Crippen LogP contribution in [0.3, 0.4) is 0 Å². The average molecular weight is 473 g/mol. The molecule has 2 atom stereocenters. The Hall–Kier alpha value is -1.89. The largest absolute Gasteiger partial charge is 0.491 e. The molecule has 0 bridgehead atoms. The first-order chi connectivity index (χ1) is 15.8. The second-order valence-electron chi connectivity index (χ2n) is 9.71. The predicted octanol–water partition coefficient (Wildman–Crippen LogP) is 4.99. The molecule has 2 heterocycles. The molecule has 3 rings (SSSR count). The Morgan fingerprint density at radius 3 is 2.79 bits per heavy atom. The lowest BCUT2D eigenvalue weighted by atomic mass is 10.00. The summed E-state index contributed by atoms with van der Waals surface area (Å²) in [6.45, 7) is 13.4. The zero-order chi connectivity index (χ0) is 24.0. The van der Waals surface area contributed by atoms with Crippen molar-refractivity contribution in [2.24, 2.45) is 5.92 Å². The van der Waals surface area contributed by atoms with Crippen molar-refractivity contribution >= 4 is 17.2 Å². The molecule has 1 amide bonds. The maximum Gasteiger partial charge on any atom is 0.237 e. The van der Waals surface area contributed by atoms with Gasteiger partial charge in [0.15, 0.2) is 0 Å². The van der Waals surface area contributed by atoms with Gasteiger partial charge in [-0.05, 0) is 74.2 Å². The smallest absolute Gasteiger partial charge is 0.237 e. The summed E-state index contributed by atoms with van der Waals surface area (Å²) in [4.78, 5) is 19.0. The molecular weight excluding hydrogens is 432 g/mol. The van der Waals surface area contributed by atoms with Gasteiger partial charge >= 0.3 is 0 Å². The van der Waals surface area contributed by atoms with Gasteiger partial charge in [-0.1, -0.05) is 38.5 Å². The van der Waals surface area contributed by atoms with Crippen LogP contribution in [-0.2, 0) is 11.2 Å². The van der Waals surface area contributed by atoms with Crippen molar-refractivity contribution in [1.29, 1.82) is 0 Å². The van der Waals surface area contributed by atoms with E-state index in [1.54, 1.807) is 11.3 Å². The number of rotatable bonds is 11. The van der Waals surface area contributed by atoms with Crippen molar-refractivity contribution in [2.45, 2.75) is 66.0 Å². The first-order valence-electron chi connectivity index (χ1n) is 12.2. The van der Waals surface area contributed by atoms with E-state index in [-0.39, 0.29) is 11.9 Å². The topological polar surface area (TPSA) is 53.0 Å². The highest BCUT2D eigenvalue weighted by molar-refractivity contribution is 7.10. The fourth-order valence-corrected chi connectivity index (χ4v) is 5.32. The van der Waals surface area contributed by atoms with Crippen molar-refractivity contribution < 1.29 is 14.6 Å². The summed E-state index contributed by atoms with van der Waals surface area (Å²) in [5.41, 5.74) is 3.54. The normalized spacial score (nSPS) is 16.8. The number of carbonyl (C=O) groups excluding carboxylic acids is 1. The molecule has 0 aliphatic carbocycles. The number of carbonyl (C=O) groups is 1. The number of aliphatic hydroxyl groups excluding tert-OH is 1. The highest BCUT2D eigenvalue weighted by Gasteiger charge is 2.33. The highest BCUT2D eigenvalue weighted by atomic mass is 32.1. The summed E-state index contributed by atoms with van der Waals surface area (Å²) in [7, 11) is 0. The van der Waals surface area contributed by atoms with Crippen LogP contribution < -0.4 is 4.74 Å². The van der Waals surface area contributed by atoms with E-state index in [9.17, 15) is 9.90 Å². The molecule has 182 valence electrons. The third-order valence-corrected chi connectivity index (χ3v) is 7.46. The van der Waals surface area contributed by atoms with Crippen LogP contribution in [0.25, 0.3) is 0 Å². The SMILES string of the molecule is CCC(O)CN(CCC(C)C)CC(=O)N1CCc2sccc2C1COc1ccc(C)cc1C. The average Bonchev–Trinajstić information content (AvgIpc) is 3.25. The van der Waals surface area contributed by atoms with E-state index in [1.807, 2.05) is 17.9 Å². The van der Waals surface area contributed by atoms with Crippen LogP contribution >= 0.6 is 11.3 Å². The van der Waals surface area contributed by atoms with Gasteiger partial charge in [0.1, 0.15) is 12.4 Å².